The zero-order valence-corrected chi connectivity index (χ0v) is 16.0. The highest BCUT2D eigenvalue weighted by molar-refractivity contribution is 8.00. The van der Waals surface area contributed by atoms with Gasteiger partial charge in [-0.3, -0.25) is 0 Å². The fourth-order valence-corrected chi connectivity index (χ4v) is 2.91. The molecule has 0 radical (unpaired) electrons. The van der Waals surface area contributed by atoms with Gasteiger partial charge >= 0.3 is 6.09 Å². The van der Waals surface area contributed by atoms with Gasteiger partial charge in [0.1, 0.15) is 5.60 Å². The Morgan fingerprint density at radius 2 is 1.77 bits per heavy atom. The van der Waals surface area contributed by atoms with E-state index in [1.54, 1.807) is 16.8 Å². The minimum absolute atomic E-state index is 0.0389. The minimum Gasteiger partial charge on any atom is -0.444 e. The molecule has 22 heavy (non-hydrogen) atoms. The summed E-state index contributed by atoms with van der Waals surface area (Å²) >= 11 is 7.72. The van der Waals surface area contributed by atoms with Crippen LogP contribution in [0.2, 0.25) is 0 Å². The van der Waals surface area contributed by atoms with E-state index in [1.807, 2.05) is 46.0 Å². The summed E-state index contributed by atoms with van der Waals surface area (Å²) in [7, 11) is 1.97. The first kappa shape index (κ1) is 19.5. The summed E-state index contributed by atoms with van der Waals surface area (Å²) in [5, 5.41) is 1.17. The van der Waals surface area contributed by atoms with E-state index in [0.29, 0.717) is 13.1 Å². The fourth-order valence-electron chi connectivity index (χ4n) is 1.95. The van der Waals surface area contributed by atoms with Gasteiger partial charge < -0.3 is 14.5 Å². The molecule has 0 aromatic carbocycles. The molecule has 1 amide bonds. The molecule has 7 heteroatoms. The van der Waals surface area contributed by atoms with Gasteiger partial charge in [-0.05, 0) is 53.6 Å². The molecule has 1 fully saturated rings. The number of hydrogen-bond donors (Lipinski definition) is 0. The van der Waals surface area contributed by atoms with Gasteiger partial charge in [-0.2, -0.15) is 0 Å². The molecule has 0 aliphatic carbocycles. The molecule has 0 N–H and O–H groups in total. The molecule has 5 nitrogen and oxygen atoms in total. The summed E-state index contributed by atoms with van der Waals surface area (Å²) in [4.78, 5) is 16.1. The Bertz CT molecular complexity index is 402. The average molecular weight is 350 g/mol. The number of carbonyl (C=O) groups excluding carboxylic acids is 1. The summed E-state index contributed by atoms with van der Waals surface area (Å²) in [6, 6.07) is 0. The number of allylic oxidation sites excluding steroid dienone is 1. The number of rotatable bonds is 4. The van der Waals surface area contributed by atoms with Crippen molar-refractivity contribution in [1.29, 1.82) is 0 Å². The first-order chi connectivity index (χ1) is 10.1. The topological polar surface area (TPSA) is 36.0 Å². The quantitative estimate of drug-likeness (QED) is 0.440. The van der Waals surface area contributed by atoms with Crippen molar-refractivity contribution in [1.82, 2.24) is 14.1 Å². The SMILES string of the molecule is C/C=C(/SN(C)C(C)Cl)N1CCN(C(=O)OC(C)(C)C)CC1. The Balaban J connectivity index is 2.52. The van der Waals surface area contributed by atoms with Crippen LogP contribution in [0, 0.1) is 0 Å². The zero-order chi connectivity index (χ0) is 16.9. The molecule has 0 spiro atoms. The number of amides is 1. The third-order valence-electron chi connectivity index (χ3n) is 3.23. The van der Waals surface area contributed by atoms with Crippen molar-refractivity contribution in [3.8, 4) is 0 Å². The average Bonchev–Trinajstić information content (AvgIpc) is 2.42. The molecule has 128 valence electrons. The van der Waals surface area contributed by atoms with Crippen molar-refractivity contribution in [3.05, 3.63) is 11.1 Å². The molecule has 0 aromatic rings. The molecule has 1 atom stereocenters. The summed E-state index contributed by atoms with van der Waals surface area (Å²) in [6.07, 6.45) is 1.86. The molecule has 1 heterocycles. The number of nitrogens with zero attached hydrogens (tertiary/aromatic N) is 3. The van der Waals surface area contributed by atoms with Crippen LogP contribution in [0.25, 0.3) is 0 Å². The molecule has 0 aromatic heterocycles. The van der Waals surface area contributed by atoms with E-state index in [-0.39, 0.29) is 11.6 Å². The van der Waals surface area contributed by atoms with E-state index in [4.69, 9.17) is 16.3 Å². The van der Waals surface area contributed by atoms with Crippen LogP contribution < -0.4 is 0 Å². The van der Waals surface area contributed by atoms with Crippen LogP contribution in [0.4, 0.5) is 4.79 Å². The van der Waals surface area contributed by atoms with Crippen molar-refractivity contribution in [3.63, 3.8) is 0 Å². The highest BCUT2D eigenvalue weighted by atomic mass is 35.5. The van der Waals surface area contributed by atoms with Crippen molar-refractivity contribution in [2.24, 2.45) is 0 Å². The second kappa shape index (κ2) is 8.31. The maximum atomic E-state index is 12.1. The lowest BCUT2D eigenvalue weighted by Gasteiger charge is -2.38. The molecule has 0 saturated carbocycles. The smallest absolute Gasteiger partial charge is 0.410 e. The van der Waals surface area contributed by atoms with E-state index in [1.165, 1.54) is 5.03 Å². The lowest BCUT2D eigenvalue weighted by Crippen LogP contribution is -2.49. The zero-order valence-electron chi connectivity index (χ0n) is 14.4. The van der Waals surface area contributed by atoms with Gasteiger partial charge in [0.15, 0.2) is 0 Å². The second-order valence-electron chi connectivity index (χ2n) is 6.29. The standard InChI is InChI=1S/C15H28ClN3O2S/c1-7-13(22-17(6)12(2)16)18-8-10-19(11-9-18)14(20)21-15(3,4)5/h7,12H,8-11H2,1-6H3/b13-7+. The monoisotopic (exact) mass is 349 g/mol. The molecule has 1 aliphatic heterocycles. The maximum absolute atomic E-state index is 12.1. The van der Waals surface area contributed by atoms with E-state index < -0.39 is 5.60 Å². The van der Waals surface area contributed by atoms with Crippen molar-refractivity contribution in [2.75, 3.05) is 33.2 Å². The largest absolute Gasteiger partial charge is 0.444 e. The van der Waals surface area contributed by atoms with Crippen LogP contribution in [-0.4, -0.2) is 64.5 Å². The Morgan fingerprint density at radius 1 is 1.27 bits per heavy atom. The van der Waals surface area contributed by atoms with Gasteiger partial charge in [0, 0.05) is 26.2 Å². The Hall–Kier alpha value is -0.590. The molecule has 0 bridgehead atoms. The van der Waals surface area contributed by atoms with Crippen molar-refractivity contribution >= 4 is 29.6 Å². The molecular formula is C15H28ClN3O2S. The number of hydrogen-bond acceptors (Lipinski definition) is 5. The summed E-state index contributed by atoms with van der Waals surface area (Å²) < 4.78 is 7.43. The minimum atomic E-state index is -0.447. The first-order valence-electron chi connectivity index (χ1n) is 7.58. The third-order valence-corrected chi connectivity index (χ3v) is 4.92. The predicted molar refractivity (Wildman–Crippen MR) is 93.8 cm³/mol. The van der Waals surface area contributed by atoms with Gasteiger partial charge in [0.25, 0.3) is 0 Å². The number of ether oxygens (including phenoxy) is 1. The van der Waals surface area contributed by atoms with E-state index in [0.717, 1.165) is 13.1 Å². The number of alkyl halides is 1. The Labute approximate surface area is 143 Å². The second-order valence-corrected chi connectivity index (χ2v) is 8.10. The van der Waals surface area contributed by atoms with Gasteiger partial charge in [0.05, 0.1) is 10.5 Å². The Kier molecular flexibility index (Phi) is 7.35. The van der Waals surface area contributed by atoms with Gasteiger partial charge in [0.2, 0.25) is 0 Å². The normalized spacial score (nSPS) is 18.6. The van der Waals surface area contributed by atoms with Crippen LogP contribution in [0.3, 0.4) is 0 Å². The molecule has 1 unspecified atom stereocenters. The van der Waals surface area contributed by atoms with Gasteiger partial charge in [-0.25, -0.2) is 9.10 Å². The molecular weight excluding hydrogens is 322 g/mol. The van der Waals surface area contributed by atoms with Gasteiger partial charge in [-0.15, -0.1) is 11.6 Å². The number of carbonyl (C=O) groups is 1. The summed E-state index contributed by atoms with van der Waals surface area (Å²) in [6.45, 7) is 12.6. The molecule has 1 rings (SSSR count). The van der Waals surface area contributed by atoms with E-state index in [2.05, 4.69) is 11.0 Å². The maximum Gasteiger partial charge on any atom is 0.410 e. The van der Waals surface area contributed by atoms with Crippen LogP contribution in [-0.2, 0) is 4.74 Å². The van der Waals surface area contributed by atoms with Crippen LogP contribution >= 0.6 is 23.5 Å². The Morgan fingerprint density at radius 3 is 2.18 bits per heavy atom. The van der Waals surface area contributed by atoms with Gasteiger partial charge in [-0.1, -0.05) is 6.08 Å². The van der Waals surface area contributed by atoms with E-state index >= 15 is 0 Å². The lowest BCUT2D eigenvalue weighted by molar-refractivity contribution is 0.0174. The van der Waals surface area contributed by atoms with Crippen LogP contribution in [0.1, 0.15) is 34.6 Å². The summed E-state index contributed by atoms with van der Waals surface area (Å²) in [5.74, 6) is 0. The third kappa shape index (κ3) is 6.26. The number of halogens is 1. The highest BCUT2D eigenvalue weighted by Gasteiger charge is 2.27. The highest BCUT2D eigenvalue weighted by Crippen LogP contribution is 2.27. The number of piperazine rings is 1. The molecule has 1 aliphatic rings. The lowest BCUT2D eigenvalue weighted by atomic mass is 10.2. The predicted octanol–water partition coefficient (Wildman–Crippen LogP) is 3.57. The summed E-state index contributed by atoms with van der Waals surface area (Å²) in [5.41, 5.74) is -0.486. The van der Waals surface area contributed by atoms with E-state index in [9.17, 15) is 4.79 Å². The molecule has 1 saturated heterocycles. The van der Waals surface area contributed by atoms with Crippen molar-refractivity contribution < 1.29 is 9.53 Å². The van der Waals surface area contributed by atoms with Crippen molar-refractivity contribution in [2.45, 2.75) is 45.7 Å². The van der Waals surface area contributed by atoms with Crippen LogP contribution in [0.5, 0.6) is 0 Å². The first-order valence-corrected chi connectivity index (χ1v) is 8.79. The van der Waals surface area contributed by atoms with Crippen LogP contribution in [0.15, 0.2) is 11.1 Å². The fraction of sp³-hybridized carbons (Fsp3) is 0.800.